The molecule has 1 amide bonds. The molecule has 1 aliphatic rings. The minimum Gasteiger partial charge on any atom is -0.507 e. The SMILES string of the molecule is CC(C)(C)c1cc(C=Nc2sc3c(c2C(=O)Nc2ccccc2)CC[C@H](C(C)(C)C)C3)cc(C(C)(C)C)c1O. The Hall–Kier alpha value is -2.92. The summed E-state index contributed by atoms with van der Waals surface area (Å²) in [5, 5.41) is 15.0. The molecule has 0 saturated carbocycles. The van der Waals surface area contributed by atoms with Crippen molar-refractivity contribution in [2.45, 2.75) is 92.4 Å². The molecule has 0 saturated heterocycles. The van der Waals surface area contributed by atoms with Crippen LogP contribution in [0.4, 0.5) is 10.7 Å². The van der Waals surface area contributed by atoms with Crippen LogP contribution in [0, 0.1) is 11.3 Å². The second-order valence-electron chi connectivity index (χ2n) is 14.0. The van der Waals surface area contributed by atoms with E-state index in [1.165, 1.54) is 4.88 Å². The highest BCUT2D eigenvalue weighted by Gasteiger charge is 2.34. The van der Waals surface area contributed by atoms with E-state index in [1.54, 1.807) is 11.3 Å². The third kappa shape index (κ3) is 6.46. The molecule has 0 aliphatic heterocycles. The minimum absolute atomic E-state index is 0.100. The first-order valence-corrected chi connectivity index (χ1v) is 14.8. The normalized spacial score (nSPS) is 16.4. The molecule has 1 aromatic heterocycles. The van der Waals surface area contributed by atoms with Crippen LogP contribution in [0.3, 0.4) is 0 Å². The first kappa shape index (κ1) is 29.1. The van der Waals surface area contributed by atoms with Crippen molar-refractivity contribution in [3.63, 3.8) is 0 Å². The summed E-state index contributed by atoms with van der Waals surface area (Å²) < 4.78 is 0. The molecule has 5 heteroatoms. The Bertz CT molecular complexity index is 1340. The van der Waals surface area contributed by atoms with Gasteiger partial charge in [-0.15, -0.1) is 11.3 Å². The summed E-state index contributed by atoms with van der Waals surface area (Å²) in [7, 11) is 0. The summed E-state index contributed by atoms with van der Waals surface area (Å²) in [6.07, 6.45) is 4.81. The fourth-order valence-electron chi connectivity index (χ4n) is 5.36. The fourth-order valence-corrected chi connectivity index (χ4v) is 6.63. The minimum atomic E-state index is -0.224. The largest absolute Gasteiger partial charge is 0.507 e. The number of nitrogens with one attached hydrogen (secondary N) is 1. The number of hydrogen-bond donors (Lipinski definition) is 2. The second-order valence-corrected chi connectivity index (χ2v) is 15.1. The number of rotatable bonds is 4. The van der Waals surface area contributed by atoms with Gasteiger partial charge in [0.25, 0.3) is 5.91 Å². The Kier molecular flexibility index (Phi) is 7.88. The lowest BCUT2D eigenvalue weighted by molar-refractivity contribution is 0.102. The van der Waals surface area contributed by atoms with Crippen molar-refractivity contribution in [3.8, 4) is 5.75 Å². The van der Waals surface area contributed by atoms with Crippen molar-refractivity contribution in [1.82, 2.24) is 0 Å². The van der Waals surface area contributed by atoms with Crippen LogP contribution in [0.25, 0.3) is 0 Å². The summed E-state index contributed by atoms with van der Waals surface area (Å²) >= 11 is 1.65. The lowest BCUT2D eigenvalue weighted by Crippen LogP contribution is -2.27. The number of carbonyl (C=O) groups is 1. The highest BCUT2D eigenvalue weighted by Crippen LogP contribution is 2.46. The second kappa shape index (κ2) is 10.6. The van der Waals surface area contributed by atoms with Gasteiger partial charge in [0.15, 0.2) is 0 Å². The zero-order valence-electron chi connectivity index (χ0n) is 25.0. The molecule has 208 valence electrons. The third-order valence-corrected chi connectivity index (χ3v) is 8.97. The van der Waals surface area contributed by atoms with Crippen molar-refractivity contribution >= 4 is 34.1 Å². The topological polar surface area (TPSA) is 61.7 Å². The zero-order chi connectivity index (χ0) is 28.8. The van der Waals surface area contributed by atoms with Crippen molar-refractivity contribution in [1.29, 1.82) is 0 Å². The molecular formula is C34H44N2O2S. The molecule has 2 aromatic carbocycles. The first-order valence-electron chi connectivity index (χ1n) is 14.0. The van der Waals surface area contributed by atoms with E-state index in [9.17, 15) is 9.90 Å². The summed E-state index contributed by atoms with van der Waals surface area (Å²) in [4.78, 5) is 19.9. The highest BCUT2D eigenvalue weighted by atomic mass is 32.1. The van der Waals surface area contributed by atoms with E-state index in [4.69, 9.17) is 4.99 Å². The third-order valence-electron chi connectivity index (χ3n) is 7.81. The number of amides is 1. The monoisotopic (exact) mass is 544 g/mol. The van der Waals surface area contributed by atoms with E-state index in [2.05, 4.69) is 67.6 Å². The van der Waals surface area contributed by atoms with E-state index in [0.29, 0.717) is 17.2 Å². The number of aliphatic imine (C=N–C) groups is 1. The number of thiophene rings is 1. The Morgan fingerprint density at radius 2 is 1.56 bits per heavy atom. The zero-order valence-corrected chi connectivity index (χ0v) is 25.8. The number of hydrogen-bond acceptors (Lipinski definition) is 4. The predicted octanol–water partition coefficient (Wildman–Crippen LogP) is 9.20. The predicted molar refractivity (Wildman–Crippen MR) is 166 cm³/mol. The summed E-state index contributed by atoms with van der Waals surface area (Å²) in [5.74, 6) is 0.831. The fraction of sp³-hybridized carbons (Fsp3) is 0.471. The molecule has 1 aliphatic carbocycles. The molecule has 1 atom stereocenters. The van der Waals surface area contributed by atoms with Crippen molar-refractivity contribution in [3.05, 3.63) is 75.2 Å². The lowest BCUT2D eigenvalue weighted by Gasteiger charge is -2.33. The molecule has 1 heterocycles. The summed E-state index contributed by atoms with van der Waals surface area (Å²) in [6.45, 7) is 19.6. The van der Waals surface area contributed by atoms with Crippen LogP contribution in [0.1, 0.15) is 106 Å². The number of para-hydroxylation sites is 1. The summed E-state index contributed by atoms with van der Waals surface area (Å²) in [6, 6.07) is 13.7. The molecule has 4 rings (SSSR count). The number of carbonyl (C=O) groups excluding carboxylic acids is 1. The highest BCUT2D eigenvalue weighted by molar-refractivity contribution is 7.16. The Labute approximate surface area is 238 Å². The maximum atomic E-state index is 13.7. The van der Waals surface area contributed by atoms with Crippen LogP contribution in [-0.2, 0) is 23.7 Å². The van der Waals surface area contributed by atoms with Gasteiger partial charge in [0.1, 0.15) is 10.8 Å². The van der Waals surface area contributed by atoms with Crippen LogP contribution < -0.4 is 5.32 Å². The Morgan fingerprint density at radius 3 is 2.10 bits per heavy atom. The van der Waals surface area contributed by atoms with Crippen LogP contribution in [0.5, 0.6) is 5.75 Å². The number of nitrogens with zero attached hydrogens (tertiary/aromatic N) is 1. The van der Waals surface area contributed by atoms with Crippen LogP contribution in [0.2, 0.25) is 0 Å². The van der Waals surface area contributed by atoms with E-state index in [0.717, 1.165) is 52.2 Å². The van der Waals surface area contributed by atoms with Gasteiger partial charge in [-0.3, -0.25) is 4.79 Å². The molecule has 0 spiro atoms. The van der Waals surface area contributed by atoms with Crippen molar-refractivity contribution in [2.75, 3.05) is 5.32 Å². The standard InChI is InChI=1S/C34H44N2O2S/c1-32(2,3)22-15-16-24-27(19-22)39-31(28(24)30(38)36-23-13-11-10-12-14-23)35-20-21-17-25(33(4,5)6)29(37)26(18-21)34(7,8)9/h10-14,17-18,20,22,37H,15-16,19H2,1-9H3,(H,36,38)/t22-/m0/s1. The van der Waals surface area contributed by atoms with Gasteiger partial charge in [0, 0.05) is 27.9 Å². The molecule has 2 N–H and O–H groups in total. The molecule has 4 nitrogen and oxygen atoms in total. The molecule has 0 radical (unpaired) electrons. The van der Waals surface area contributed by atoms with Crippen molar-refractivity contribution < 1.29 is 9.90 Å². The number of anilines is 1. The Morgan fingerprint density at radius 1 is 0.974 bits per heavy atom. The smallest absolute Gasteiger partial charge is 0.259 e. The van der Waals surface area contributed by atoms with Gasteiger partial charge in [-0.05, 0) is 76.8 Å². The van der Waals surface area contributed by atoms with E-state index < -0.39 is 0 Å². The molecular weight excluding hydrogens is 500 g/mol. The average Bonchev–Trinajstić information content (AvgIpc) is 3.19. The van der Waals surface area contributed by atoms with Gasteiger partial charge in [-0.1, -0.05) is 80.5 Å². The average molecular weight is 545 g/mol. The van der Waals surface area contributed by atoms with Gasteiger partial charge >= 0.3 is 0 Å². The number of phenolic OH excluding ortho intramolecular Hbond substituents is 1. The van der Waals surface area contributed by atoms with Crippen LogP contribution in [0.15, 0.2) is 47.5 Å². The molecule has 39 heavy (non-hydrogen) atoms. The summed E-state index contributed by atoms with van der Waals surface area (Å²) in [5.41, 5.74) is 5.13. The molecule has 0 unspecified atom stereocenters. The number of aromatic hydroxyl groups is 1. The van der Waals surface area contributed by atoms with Gasteiger partial charge in [0.2, 0.25) is 0 Å². The first-order chi connectivity index (χ1) is 18.1. The van der Waals surface area contributed by atoms with E-state index in [1.807, 2.05) is 48.7 Å². The number of fused-ring (bicyclic) bond motifs is 1. The molecule has 0 fully saturated rings. The number of benzene rings is 2. The van der Waals surface area contributed by atoms with Gasteiger partial charge in [-0.2, -0.15) is 0 Å². The van der Waals surface area contributed by atoms with Gasteiger partial charge in [0.05, 0.1) is 5.56 Å². The Balaban J connectivity index is 1.79. The molecule has 0 bridgehead atoms. The van der Waals surface area contributed by atoms with Gasteiger partial charge < -0.3 is 10.4 Å². The van der Waals surface area contributed by atoms with Crippen molar-refractivity contribution in [2.24, 2.45) is 16.3 Å². The molecule has 3 aromatic rings. The van der Waals surface area contributed by atoms with E-state index >= 15 is 0 Å². The van der Waals surface area contributed by atoms with Crippen LogP contribution >= 0.6 is 11.3 Å². The quantitative estimate of drug-likeness (QED) is 0.322. The van der Waals surface area contributed by atoms with E-state index in [-0.39, 0.29) is 22.2 Å². The maximum Gasteiger partial charge on any atom is 0.259 e. The van der Waals surface area contributed by atoms with Crippen LogP contribution in [-0.4, -0.2) is 17.2 Å². The lowest BCUT2D eigenvalue weighted by atomic mass is 9.72. The maximum absolute atomic E-state index is 13.7. The van der Waals surface area contributed by atoms with Gasteiger partial charge in [-0.25, -0.2) is 4.99 Å². The number of phenols is 1.